The first kappa shape index (κ1) is 16.7. The molecule has 122 valence electrons. The van der Waals surface area contributed by atoms with Crippen LogP contribution in [0.25, 0.3) is 0 Å². The van der Waals surface area contributed by atoms with E-state index in [-0.39, 0.29) is 23.5 Å². The van der Waals surface area contributed by atoms with Gasteiger partial charge in [0, 0.05) is 25.3 Å². The van der Waals surface area contributed by atoms with Gasteiger partial charge >= 0.3 is 0 Å². The molecule has 2 heterocycles. The molecule has 1 aromatic heterocycles. The summed E-state index contributed by atoms with van der Waals surface area (Å²) in [6, 6.07) is 1.30. The van der Waals surface area contributed by atoms with Crippen LogP contribution in [0.4, 0.5) is 5.95 Å². The normalized spacial score (nSPS) is 19.8. The molecular formula is C14H22N4O3S. The monoisotopic (exact) mass is 326 g/mol. The number of carbonyl (C=O) groups excluding carboxylic acids is 1. The number of amides is 1. The number of hydrogen-bond acceptors (Lipinski definition) is 6. The van der Waals surface area contributed by atoms with E-state index in [2.05, 4.69) is 15.3 Å². The lowest BCUT2D eigenvalue weighted by molar-refractivity contribution is 0.0702. The largest absolute Gasteiger partial charge is 0.354 e. The molecule has 1 aliphatic rings. The lowest BCUT2D eigenvalue weighted by Crippen LogP contribution is -2.41. The summed E-state index contributed by atoms with van der Waals surface area (Å²) in [6.45, 7) is 5.07. The van der Waals surface area contributed by atoms with Crippen LogP contribution in [0, 0.1) is 0 Å². The molecule has 22 heavy (non-hydrogen) atoms. The Morgan fingerprint density at radius 2 is 2.23 bits per heavy atom. The van der Waals surface area contributed by atoms with Crippen LogP contribution in [-0.2, 0) is 9.84 Å². The van der Waals surface area contributed by atoms with Gasteiger partial charge in [-0.3, -0.25) is 4.79 Å². The maximum atomic E-state index is 12.6. The van der Waals surface area contributed by atoms with Crippen LogP contribution in [0.15, 0.2) is 12.3 Å². The molecule has 1 atom stereocenters. The fraction of sp³-hybridized carbons (Fsp3) is 0.643. The predicted octanol–water partition coefficient (Wildman–Crippen LogP) is 0.948. The van der Waals surface area contributed by atoms with E-state index in [1.807, 2.05) is 13.8 Å². The summed E-state index contributed by atoms with van der Waals surface area (Å²) in [5.41, 5.74) is 0.291. The number of aromatic nitrogens is 2. The summed E-state index contributed by atoms with van der Waals surface area (Å²) < 4.78 is 23.2. The van der Waals surface area contributed by atoms with Crippen LogP contribution in [0.2, 0.25) is 0 Å². The second kappa shape index (κ2) is 7.04. The summed E-state index contributed by atoms with van der Waals surface area (Å²) in [6.07, 6.45) is 2.97. The number of hydrogen-bond donors (Lipinski definition) is 1. The number of carbonyl (C=O) groups is 1. The summed E-state index contributed by atoms with van der Waals surface area (Å²) in [5, 5.41) is 3.04. The minimum absolute atomic E-state index is 0.0403. The van der Waals surface area contributed by atoms with Gasteiger partial charge in [-0.25, -0.2) is 18.4 Å². The Balaban J connectivity index is 2.15. The molecule has 2 rings (SSSR count). The van der Waals surface area contributed by atoms with Gasteiger partial charge in [-0.05, 0) is 25.8 Å². The van der Waals surface area contributed by atoms with Crippen LogP contribution in [0.3, 0.4) is 0 Å². The van der Waals surface area contributed by atoms with Crippen molar-refractivity contribution in [3.8, 4) is 0 Å². The standard InChI is InChI=1S/C14H22N4O3S/c1-3-7-15-14-16-8-5-12(17-14)13(19)18(4-2)11-6-9-22(20,21)10-11/h5,8,11H,3-4,6-7,9-10H2,1-2H3,(H,15,16,17). The zero-order valence-electron chi connectivity index (χ0n) is 12.9. The molecule has 0 bridgehead atoms. The summed E-state index contributed by atoms with van der Waals surface area (Å²) in [5.74, 6) is 0.363. The highest BCUT2D eigenvalue weighted by atomic mass is 32.2. The zero-order chi connectivity index (χ0) is 16.2. The van der Waals surface area contributed by atoms with Crippen molar-refractivity contribution in [3.63, 3.8) is 0 Å². The average Bonchev–Trinajstić information content (AvgIpc) is 2.86. The molecule has 0 radical (unpaired) electrons. The van der Waals surface area contributed by atoms with E-state index < -0.39 is 9.84 Å². The third-order valence-corrected chi connectivity index (χ3v) is 5.41. The molecule has 1 aromatic rings. The van der Waals surface area contributed by atoms with Gasteiger partial charge in [-0.15, -0.1) is 0 Å². The molecule has 0 aliphatic carbocycles. The van der Waals surface area contributed by atoms with Crippen molar-refractivity contribution >= 4 is 21.7 Å². The fourth-order valence-electron chi connectivity index (χ4n) is 2.54. The van der Waals surface area contributed by atoms with E-state index in [1.165, 1.54) is 6.20 Å². The van der Waals surface area contributed by atoms with Crippen molar-refractivity contribution in [1.82, 2.24) is 14.9 Å². The second-order valence-electron chi connectivity index (χ2n) is 5.34. The van der Waals surface area contributed by atoms with Gasteiger partial charge < -0.3 is 10.2 Å². The molecule has 0 aromatic carbocycles. The molecule has 0 spiro atoms. The Bertz CT molecular complexity index is 633. The van der Waals surface area contributed by atoms with Gasteiger partial charge in [0.25, 0.3) is 5.91 Å². The van der Waals surface area contributed by atoms with Crippen molar-refractivity contribution in [2.75, 3.05) is 29.9 Å². The first-order valence-electron chi connectivity index (χ1n) is 7.55. The first-order chi connectivity index (χ1) is 10.5. The molecule has 0 saturated carbocycles. The van der Waals surface area contributed by atoms with Crippen LogP contribution in [0.1, 0.15) is 37.2 Å². The Labute approximate surface area is 131 Å². The highest BCUT2D eigenvalue weighted by molar-refractivity contribution is 7.91. The van der Waals surface area contributed by atoms with E-state index >= 15 is 0 Å². The van der Waals surface area contributed by atoms with Crippen molar-refractivity contribution in [1.29, 1.82) is 0 Å². The fourth-order valence-corrected chi connectivity index (χ4v) is 4.27. The number of anilines is 1. The molecule has 1 amide bonds. The molecular weight excluding hydrogens is 304 g/mol. The Morgan fingerprint density at radius 1 is 1.45 bits per heavy atom. The van der Waals surface area contributed by atoms with Gasteiger partial charge in [-0.1, -0.05) is 6.92 Å². The van der Waals surface area contributed by atoms with Gasteiger partial charge in [0.05, 0.1) is 11.5 Å². The van der Waals surface area contributed by atoms with Crippen LogP contribution >= 0.6 is 0 Å². The molecule has 1 aliphatic heterocycles. The summed E-state index contributed by atoms with van der Waals surface area (Å²) in [7, 11) is -3.03. The van der Waals surface area contributed by atoms with Crippen LogP contribution in [-0.4, -0.2) is 59.8 Å². The highest BCUT2D eigenvalue weighted by Gasteiger charge is 2.34. The van der Waals surface area contributed by atoms with E-state index in [0.717, 1.165) is 13.0 Å². The smallest absolute Gasteiger partial charge is 0.272 e. The second-order valence-corrected chi connectivity index (χ2v) is 7.57. The maximum absolute atomic E-state index is 12.6. The Morgan fingerprint density at radius 3 is 2.82 bits per heavy atom. The number of nitrogens with one attached hydrogen (secondary N) is 1. The van der Waals surface area contributed by atoms with E-state index in [9.17, 15) is 13.2 Å². The first-order valence-corrected chi connectivity index (χ1v) is 9.37. The maximum Gasteiger partial charge on any atom is 0.272 e. The number of nitrogens with zero attached hydrogens (tertiary/aromatic N) is 3. The average molecular weight is 326 g/mol. The van der Waals surface area contributed by atoms with Crippen molar-refractivity contribution in [2.24, 2.45) is 0 Å². The lowest BCUT2D eigenvalue weighted by atomic mass is 10.2. The van der Waals surface area contributed by atoms with Crippen LogP contribution in [0.5, 0.6) is 0 Å². The SMILES string of the molecule is CCCNc1nccc(C(=O)N(CC)C2CCS(=O)(=O)C2)n1. The van der Waals surface area contributed by atoms with E-state index in [4.69, 9.17) is 0 Å². The topological polar surface area (TPSA) is 92.3 Å². The summed E-state index contributed by atoms with van der Waals surface area (Å²) >= 11 is 0. The molecule has 1 unspecified atom stereocenters. The highest BCUT2D eigenvalue weighted by Crippen LogP contribution is 2.19. The predicted molar refractivity (Wildman–Crippen MR) is 84.6 cm³/mol. The van der Waals surface area contributed by atoms with Gasteiger partial charge in [0.2, 0.25) is 5.95 Å². The minimum Gasteiger partial charge on any atom is -0.354 e. The van der Waals surface area contributed by atoms with E-state index in [1.54, 1.807) is 11.0 Å². The van der Waals surface area contributed by atoms with Gasteiger partial charge in [-0.2, -0.15) is 0 Å². The molecule has 1 saturated heterocycles. The van der Waals surface area contributed by atoms with Crippen LogP contribution < -0.4 is 5.32 Å². The third-order valence-electron chi connectivity index (χ3n) is 3.66. The molecule has 1 fully saturated rings. The molecule has 8 heteroatoms. The lowest BCUT2D eigenvalue weighted by Gasteiger charge is -2.26. The minimum atomic E-state index is -3.03. The molecule has 7 nitrogen and oxygen atoms in total. The Hall–Kier alpha value is -1.70. The number of sulfone groups is 1. The quantitative estimate of drug-likeness (QED) is 0.836. The van der Waals surface area contributed by atoms with Gasteiger partial charge in [0.1, 0.15) is 5.69 Å². The zero-order valence-corrected chi connectivity index (χ0v) is 13.8. The molecule has 1 N–H and O–H groups in total. The van der Waals surface area contributed by atoms with E-state index in [0.29, 0.717) is 24.6 Å². The van der Waals surface area contributed by atoms with Crippen molar-refractivity contribution in [3.05, 3.63) is 18.0 Å². The van der Waals surface area contributed by atoms with Crippen molar-refractivity contribution < 1.29 is 13.2 Å². The summed E-state index contributed by atoms with van der Waals surface area (Å²) in [4.78, 5) is 22.5. The van der Waals surface area contributed by atoms with Gasteiger partial charge in [0.15, 0.2) is 9.84 Å². The third kappa shape index (κ3) is 3.94. The van der Waals surface area contributed by atoms with Crippen molar-refractivity contribution in [2.45, 2.75) is 32.7 Å². The Kier molecular flexibility index (Phi) is 5.33. The number of rotatable bonds is 6.